The number of nitrogens with zero attached hydrogens (tertiary/aromatic N) is 1. The number of hydrogen-bond donors (Lipinski definition) is 3. The maximum absolute atomic E-state index is 13.6. The van der Waals surface area contributed by atoms with Gasteiger partial charge in [0.05, 0.1) is 29.2 Å². The fourth-order valence-electron chi connectivity index (χ4n) is 5.64. The van der Waals surface area contributed by atoms with Crippen molar-refractivity contribution in [2.45, 2.75) is 68.2 Å². The smallest absolute Gasteiger partial charge is 0.244 e. The van der Waals surface area contributed by atoms with Crippen molar-refractivity contribution in [3.05, 3.63) is 35.9 Å². The van der Waals surface area contributed by atoms with Gasteiger partial charge in [-0.2, -0.15) is 0 Å². The summed E-state index contributed by atoms with van der Waals surface area (Å²) < 4.78 is -0.601. The van der Waals surface area contributed by atoms with Crippen LogP contribution in [-0.2, 0) is 20.9 Å². The zero-order valence-electron chi connectivity index (χ0n) is 18.8. The predicted molar refractivity (Wildman–Crippen MR) is 124 cm³/mol. The van der Waals surface area contributed by atoms with Crippen LogP contribution < -0.4 is 10.6 Å². The van der Waals surface area contributed by atoms with Crippen LogP contribution >= 0.6 is 11.8 Å². The molecule has 8 heteroatoms. The van der Waals surface area contributed by atoms with Gasteiger partial charge in [-0.1, -0.05) is 43.7 Å². The number of aliphatic hydroxyl groups excluding tert-OH is 1. The van der Waals surface area contributed by atoms with Crippen molar-refractivity contribution >= 4 is 29.5 Å². The third-order valence-corrected chi connectivity index (χ3v) is 9.12. The van der Waals surface area contributed by atoms with Crippen LogP contribution in [0.5, 0.6) is 0 Å². The van der Waals surface area contributed by atoms with Gasteiger partial charge in [-0.05, 0) is 31.7 Å². The highest BCUT2D eigenvalue weighted by molar-refractivity contribution is 8.02. The minimum atomic E-state index is -0.652. The number of aliphatic hydroxyl groups is 1. The van der Waals surface area contributed by atoms with Gasteiger partial charge in [0.15, 0.2) is 0 Å². The molecule has 3 fully saturated rings. The van der Waals surface area contributed by atoms with E-state index in [-0.39, 0.29) is 29.6 Å². The summed E-state index contributed by atoms with van der Waals surface area (Å²) in [5, 5.41) is 15.9. The van der Waals surface area contributed by atoms with Gasteiger partial charge in [-0.3, -0.25) is 14.4 Å². The van der Waals surface area contributed by atoms with Crippen LogP contribution in [-0.4, -0.2) is 63.0 Å². The van der Waals surface area contributed by atoms with Crippen molar-refractivity contribution in [1.29, 1.82) is 0 Å². The van der Waals surface area contributed by atoms with Gasteiger partial charge in [0, 0.05) is 18.3 Å². The summed E-state index contributed by atoms with van der Waals surface area (Å²) in [4.78, 5) is 41.8. The minimum Gasteiger partial charge on any atom is -0.394 e. The molecule has 3 amide bonds. The van der Waals surface area contributed by atoms with E-state index in [1.54, 1.807) is 23.6 Å². The quantitative estimate of drug-likeness (QED) is 0.488. The number of likely N-dealkylation sites (tertiary alicyclic amines) is 1. The molecule has 3 saturated heterocycles. The Morgan fingerprint density at radius 2 is 2.00 bits per heavy atom. The van der Waals surface area contributed by atoms with E-state index in [0.29, 0.717) is 13.1 Å². The monoisotopic (exact) mass is 459 g/mol. The normalized spacial score (nSPS) is 31.5. The fraction of sp³-hybridized carbons (Fsp3) is 0.625. The molecule has 7 nitrogen and oxygen atoms in total. The Morgan fingerprint density at radius 3 is 2.69 bits per heavy atom. The van der Waals surface area contributed by atoms with Crippen molar-refractivity contribution in [2.75, 3.05) is 13.2 Å². The molecule has 2 unspecified atom stereocenters. The van der Waals surface area contributed by atoms with Crippen molar-refractivity contribution in [3.63, 3.8) is 0 Å². The maximum Gasteiger partial charge on any atom is 0.244 e. The molecule has 3 aliphatic heterocycles. The number of thioether (sulfide) groups is 1. The first-order chi connectivity index (χ1) is 15.4. The lowest BCUT2D eigenvalue weighted by atomic mass is 9.70. The highest BCUT2D eigenvalue weighted by Gasteiger charge is 2.73. The molecule has 3 heterocycles. The van der Waals surface area contributed by atoms with Gasteiger partial charge in [0.2, 0.25) is 17.7 Å². The van der Waals surface area contributed by atoms with Crippen LogP contribution in [0.2, 0.25) is 0 Å². The molecule has 0 saturated carbocycles. The molecule has 174 valence electrons. The molecule has 1 spiro atoms. The Bertz CT molecular complexity index is 866. The SMILES string of the molecule is CCCCNC(=O)C1N([C@H](C)CO)C(=O)[C@@H]2[C@@H](C(=O)NCc3ccccc3)[C@H]3CCC12S3. The molecule has 32 heavy (non-hydrogen) atoms. The largest absolute Gasteiger partial charge is 0.394 e. The lowest BCUT2D eigenvalue weighted by Gasteiger charge is -2.36. The van der Waals surface area contributed by atoms with Crippen LogP contribution in [0.25, 0.3) is 0 Å². The van der Waals surface area contributed by atoms with Crippen molar-refractivity contribution in [1.82, 2.24) is 15.5 Å². The molecule has 0 aromatic heterocycles. The molecule has 0 radical (unpaired) electrons. The third-order valence-electron chi connectivity index (χ3n) is 7.17. The number of carbonyl (C=O) groups excluding carboxylic acids is 3. The van der Waals surface area contributed by atoms with Crippen LogP contribution in [0.3, 0.4) is 0 Å². The molecule has 6 atom stereocenters. The number of rotatable bonds is 9. The number of carbonyl (C=O) groups is 3. The number of hydrogen-bond acceptors (Lipinski definition) is 5. The van der Waals surface area contributed by atoms with Gasteiger partial charge >= 0.3 is 0 Å². The Hall–Kier alpha value is -2.06. The van der Waals surface area contributed by atoms with E-state index < -0.39 is 28.7 Å². The van der Waals surface area contributed by atoms with E-state index in [1.165, 1.54) is 0 Å². The van der Waals surface area contributed by atoms with Gasteiger partial charge in [-0.15, -0.1) is 11.8 Å². The molecule has 1 aromatic rings. The van der Waals surface area contributed by atoms with Gasteiger partial charge in [0.25, 0.3) is 0 Å². The molecular formula is C24H33N3O4S. The fourth-order valence-corrected chi connectivity index (χ4v) is 7.85. The highest BCUT2D eigenvalue weighted by atomic mass is 32.2. The number of nitrogens with one attached hydrogen (secondary N) is 2. The van der Waals surface area contributed by atoms with E-state index in [0.717, 1.165) is 31.2 Å². The van der Waals surface area contributed by atoms with E-state index in [9.17, 15) is 19.5 Å². The average molecular weight is 460 g/mol. The number of amides is 3. The molecule has 3 aliphatic rings. The van der Waals surface area contributed by atoms with Crippen LogP contribution in [0.1, 0.15) is 45.1 Å². The second kappa shape index (κ2) is 9.43. The number of unbranched alkanes of at least 4 members (excludes halogenated alkanes) is 1. The zero-order chi connectivity index (χ0) is 22.9. The number of fused-ring (bicyclic) bond motifs is 1. The molecule has 1 aromatic carbocycles. The minimum absolute atomic E-state index is 0.0391. The summed E-state index contributed by atoms with van der Waals surface area (Å²) in [5.74, 6) is -1.43. The van der Waals surface area contributed by atoms with Gasteiger partial charge in [-0.25, -0.2) is 0 Å². The molecular weight excluding hydrogens is 426 g/mol. The second-order valence-corrected chi connectivity index (χ2v) is 10.8. The van der Waals surface area contributed by atoms with Crippen molar-refractivity contribution in [2.24, 2.45) is 11.8 Å². The maximum atomic E-state index is 13.6. The Kier molecular flexibility index (Phi) is 6.81. The zero-order valence-corrected chi connectivity index (χ0v) is 19.6. The van der Waals surface area contributed by atoms with E-state index in [2.05, 4.69) is 17.6 Å². The second-order valence-electron chi connectivity index (χ2n) is 9.18. The summed E-state index contributed by atoms with van der Waals surface area (Å²) in [6, 6.07) is 8.58. The first kappa shape index (κ1) is 23.1. The van der Waals surface area contributed by atoms with E-state index >= 15 is 0 Å². The van der Waals surface area contributed by atoms with Gasteiger partial charge < -0.3 is 20.6 Å². The van der Waals surface area contributed by atoms with Crippen molar-refractivity contribution < 1.29 is 19.5 Å². The topological polar surface area (TPSA) is 98.7 Å². The third kappa shape index (κ3) is 3.81. The van der Waals surface area contributed by atoms with Crippen LogP contribution in [0.4, 0.5) is 0 Å². The molecule has 4 rings (SSSR count). The summed E-state index contributed by atoms with van der Waals surface area (Å²) in [5.41, 5.74) is 1.01. The Balaban J connectivity index is 1.58. The highest BCUT2D eigenvalue weighted by Crippen LogP contribution is 2.66. The lowest BCUT2D eigenvalue weighted by molar-refractivity contribution is -0.142. The molecule has 0 aliphatic carbocycles. The van der Waals surface area contributed by atoms with Crippen molar-refractivity contribution in [3.8, 4) is 0 Å². The summed E-state index contributed by atoms with van der Waals surface area (Å²) in [7, 11) is 0. The van der Waals surface area contributed by atoms with E-state index in [4.69, 9.17) is 0 Å². The first-order valence-electron chi connectivity index (χ1n) is 11.6. The summed E-state index contributed by atoms with van der Waals surface area (Å²) in [6.45, 7) is 4.60. The average Bonchev–Trinajstić information content (AvgIpc) is 3.45. The van der Waals surface area contributed by atoms with Gasteiger partial charge in [0.1, 0.15) is 6.04 Å². The first-order valence-corrected chi connectivity index (χ1v) is 12.5. The standard InChI is InChI=1S/C24H33N3O4S/c1-3-4-12-25-22(30)20-24-11-10-17(32-24)18(19(24)23(31)27(20)15(2)14-28)21(29)26-13-16-8-6-5-7-9-16/h5-9,15,17-20,28H,3-4,10-14H2,1-2H3,(H,25,30)(H,26,29)/t15-,17-,18+,19+,20?,24?/m1/s1. The van der Waals surface area contributed by atoms with Crippen LogP contribution in [0.15, 0.2) is 30.3 Å². The van der Waals surface area contributed by atoms with E-state index in [1.807, 2.05) is 30.3 Å². The Labute approximate surface area is 193 Å². The molecule has 3 N–H and O–H groups in total. The number of benzene rings is 1. The predicted octanol–water partition coefficient (Wildman–Crippen LogP) is 1.69. The lowest BCUT2D eigenvalue weighted by Crippen LogP contribution is -2.56. The summed E-state index contributed by atoms with van der Waals surface area (Å²) >= 11 is 1.65. The van der Waals surface area contributed by atoms with Crippen LogP contribution in [0, 0.1) is 11.8 Å². The Morgan fingerprint density at radius 1 is 1.25 bits per heavy atom. The summed E-state index contributed by atoms with van der Waals surface area (Å²) in [6.07, 6.45) is 3.40. The molecule has 2 bridgehead atoms.